The molecule has 2 nitrogen and oxygen atoms in total. The quantitative estimate of drug-likeness (QED) is 0.794. The number of fused-ring (bicyclic) bond motifs is 1. The minimum absolute atomic E-state index is 0.312. The number of benzene rings is 2. The van der Waals surface area contributed by atoms with Crippen LogP contribution in [0.1, 0.15) is 5.56 Å². The smallest absolute Gasteiger partial charge is 0.0702 e. The predicted octanol–water partition coefficient (Wildman–Crippen LogP) is 1.70. The van der Waals surface area contributed by atoms with E-state index in [1.807, 2.05) is 18.2 Å². The molecular formula is C13H15NO. The molecule has 0 aromatic heterocycles. The zero-order valence-electron chi connectivity index (χ0n) is 8.56. The fourth-order valence-corrected chi connectivity index (χ4v) is 1.72. The van der Waals surface area contributed by atoms with Gasteiger partial charge in [-0.05, 0) is 22.8 Å². The molecule has 0 saturated carbocycles. The van der Waals surface area contributed by atoms with Gasteiger partial charge in [0.1, 0.15) is 0 Å². The van der Waals surface area contributed by atoms with Crippen LogP contribution in [0.15, 0.2) is 42.5 Å². The van der Waals surface area contributed by atoms with E-state index in [4.69, 9.17) is 5.73 Å². The third-order valence-corrected chi connectivity index (χ3v) is 2.56. The molecule has 0 aliphatic rings. The van der Waals surface area contributed by atoms with Crippen LogP contribution in [0.5, 0.6) is 0 Å². The molecule has 0 amide bonds. The molecule has 2 aromatic rings. The summed E-state index contributed by atoms with van der Waals surface area (Å²) in [6.07, 6.45) is 0.188. The summed E-state index contributed by atoms with van der Waals surface area (Å²) in [4.78, 5) is 0. The van der Waals surface area contributed by atoms with Crippen molar-refractivity contribution >= 4 is 10.8 Å². The molecule has 1 unspecified atom stereocenters. The number of aliphatic hydroxyl groups is 1. The SMILES string of the molecule is NCC(O)Cc1ccc2ccccc2c1. The fourth-order valence-electron chi connectivity index (χ4n) is 1.72. The molecule has 2 rings (SSSR count). The van der Waals surface area contributed by atoms with E-state index in [0.29, 0.717) is 13.0 Å². The van der Waals surface area contributed by atoms with Gasteiger partial charge in [0, 0.05) is 6.54 Å². The van der Waals surface area contributed by atoms with Crippen LogP contribution in [0.4, 0.5) is 0 Å². The molecule has 0 radical (unpaired) electrons. The Labute approximate surface area is 89.3 Å². The van der Waals surface area contributed by atoms with Crippen molar-refractivity contribution in [1.29, 1.82) is 0 Å². The average molecular weight is 201 g/mol. The molecule has 1 atom stereocenters. The van der Waals surface area contributed by atoms with Crippen molar-refractivity contribution in [2.45, 2.75) is 12.5 Å². The molecule has 0 bridgehead atoms. The summed E-state index contributed by atoms with van der Waals surface area (Å²) >= 11 is 0. The van der Waals surface area contributed by atoms with E-state index >= 15 is 0 Å². The third kappa shape index (κ3) is 2.35. The van der Waals surface area contributed by atoms with Gasteiger partial charge in [0.15, 0.2) is 0 Å². The van der Waals surface area contributed by atoms with E-state index in [2.05, 4.69) is 24.3 Å². The molecule has 0 saturated heterocycles. The maximum atomic E-state index is 9.46. The van der Waals surface area contributed by atoms with Gasteiger partial charge in [-0.2, -0.15) is 0 Å². The Hall–Kier alpha value is -1.38. The topological polar surface area (TPSA) is 46.2 Å². The van der Waals surface area contributed by atoms with Crippen LogP contribution in [0.3, 0.4) is 0 Å². The standard InChI is InChI=1S/C13H15NO/c14-9-13(15)8-10-5-6-11-3-1-2-4-12(11)7-10/h1-7,13,15H,8-9,14H2. The maximum Gasteiger partial charge on any atom is 0.0702 e. The van der Waals surface area contributed by atoms with Crippen LogP contribution in [-0.4, -0.2) is 17.8 Å². The lowest BCUT2D eigenvalue weighted by Gasteiger charge is -2.08. The minimum atomic E-state index is -0.439. The molecule has 3 N–H and O–H groups in total. The van der Waals surface area contributed by atoms with Gasteiger partial charge in [0.25, 0.3) is 0 Å². The van der Waals surface area contributed by atoms with Gasteiger partial charge in [0.2, 0.25) is 0 Å². The Balaban J connectivity index is 2.30. The average Bonchev–Trinajstić information content (AvgIpc) is 2.29. The lowest BCUT2D eigenvalue weighted by atomic mass is 10.0. The van der Waals surface area contributed by atoms with E-state index < -0.39 is 6.10 Å². The summed E-state index contributed by atoms with van der Waals surface area (Å²) in [6.45, 7) is 0.312. The highest BCUT2D eigenvalue weighted by Crippen LogP contribution is 2.16. The van der Waals surface area contributed by atoms with Crippen molar-refractivity contribution < 1.29 is 5.11 Å². The molecular weight excluding hydrogens is 186 g/mol. The van der Waals surface area contributed by atoms with E-state index in [1.165, 1.54) is 10.8 Å². The Morgan fingerprint density at radius 3 is 2.53 bits per heavy atom. The van der Waals surface area contributed by atoms with Crippen molar-refractivity contribution in [2.75, 3.05) is 6.54 Å². The molecule has 78 valence electrons. The van der Waals surface area contributed by atoms with Crippen LogP contribution in [0.2, 0.25) is 0 Å². The van der Waals surface area contributed by atoms with E-state index in [1.54, 1.807) is 0 Å². The minimum Gasteiger partial charge on any atom is -0.391 e. The number of rotatable bonds is 3. The van der Waals surface area contributed by atoms with Crippen molar-refractivity contribution in [2.24, 2.45) is 5.73 Å². The van der Waals surface area contributed by atoms with Crippen LogP contribution in [0, 0.1) is 0 Å². The van der Waals surface area contributed by atoms with Gasteiger partial charge >= 0.3 is 0 Å². The number of nitrogens with two attached hydrogens (primary N) is 1. The fraction of sp³-hybridized carbons (Fsp3) is 0.231. The van der Waals surface area contributed by atoms with Crippen LogP contribution < -0.4 is 5.73 Å². The van der Waals surface area contributed by atoms with Gasteiger partial charge in [-0.15, -0.1) is 0 Å². The zero-order chi connectivity index (χ0) is 10.7. The number of hydrogen-bond acceptors (Lipinski definition) is 2. The Kier molecular flexibility index (Phi) is 2.99. The summed E-state index contributed by atoms with van der Waals surface area (Å²) in [5, 5.41) is 11.9. The number of aliphatic hydroxyl groups excluding tert-OH is 1. The normalized spacial score (nSPS) is 12.9. The highest BCUT2D eigenvalue weighted by Gasteiger charge is 2.03. The molecule has 0 fully saturated rings. The lowest BCUT2D eigenvalue weighted by molar-refractivity contribution is 0.183. The first-order valence-electron chi connectivity index (χ1n) is 5.15. The summed E-state index contributed by atoms with van der Waals surface area (Å²) in [7, 11) is 0. The largest absolute Gasteiger partial charge is 0.391 e. The van der Waals surface area contributed by atoms with Crippen molar-refractivity contribution in [3.63, 3.8) is 0 Å². The number of hydrogen-bond donors (Lipinski definition) is 2. The van der Waals surface area contributed by atoms with Gasteiger partial charge in [-0.1, -0.05) is 42.5 Å². The van der Waals surface area contributed by atoms with E-state index in [9.17, 15) is 5.11 Å². The second kappa shape index (κ2) is 4.43. The molecule has 0 spiro atoms. The molecule has 0 aliphatic carbocycles. The first kappa shape index (κ1) is 10.1. The first-order valence-corrected chi connectivity index (χ1v) is 5.15. The monoisotopic (exact) mass is 201 g/mol. The Morgan fingerprint density at radius 1 is 1.07 bits per heavy atom. The van der Waals surface area contributed by atoms with Gasteiger partial charge in [-0.3, -0.25) is 0 Å². The molecule has 15 heavy (non-hydrogen) atoms. The summed E-state index contributed by atoms with van der Waals surface area (Å²) < 4.78 is 0. The van der Waals surface area contributed by atoms with Gasteiger partial charge in [0.05, 0.1) is 6.10 Å². The second-order valence-electron chi connectivity index (χ2n) is 3.78. The molecule has 0 aliphatic heterocycles. The van der Waals surface area contributed by atoms with E-state index in [-0.39, 0.29) is 0 Å². The van der Waals surface area contributed by atoms with E-state index in [0.717, 1.165) is 5.56 Å². The van der Waals surface area contributed by atoms with Crippen molar-refractivity contribution in [1.82, 2.24) is 0 Å². The Bertz CT molecular complexity index is 453. The molecule has 0 heterocycles. The van der Waals surface area contributed by atoms with Crippen molar-refractivity contribution in [3.8, 4) is 0 Å². The molecule has 2 heteroatoms. The van der Waals surface area contributed by atoms with Crippen LogP contribution >= 0.6 is 0 Å². The first-order chi connectivity index (χ1) is 7.29. The summed E-state index contributed by atoms with van der Waals surface area (Å²) in [6, 6.07) is 14.4. The predicted molar refractivity (Wildman–Crippen MR) is 62.7 cm³/mol. The molecule has 2 aromatic carbocycles. The second-order valence-corrected chi connectivity index (χ2v) is 3.78. The zero-order valence-corrected chi connectivity index (χ0v) is 8.56. The van der Waals surface area contributed by atoms with Gasteiger partial charge in [-0.25, -0.2) is 0 Å². The summed E-state index contributed by atoms with van der Waals surface area (Å²) in [5.41, 5.74) is 6.51. The third-order valence-electron chi connectivity index (χ3n) is 2.56. The highest BCUT2D eigenvalue weighted by molar-refractivity contribution is 5.82. The summed E-state index contributed by atoms with van der Waals surface area (Å²) in [5.74, 6) is 0. The maximum absolute atomic E-state index is 9.46. The highest BCUT2D eigenvalue weighted by atomic mass is 16.3. The lowest BCUT2D eigenvalue weighted by Crippen LogP contribution is -2.21. The van der Waals surface area contributed by atoms with Gasteiger partial charge < -0.3 is 10.8 Å². The van der Waals surface area contributed by atoms with Crippen molar-refractivity contribution in [3.05, 3.63) is 48.0 Å². The van der Waals surface area contributed by atoms with Crippen LogP contribution in [0.25, 0.3) is 10.8 Å². The Morgan fingerprint density at radius 2 is 1.80 bits per heavy atom. The van der Waals surface area contributed by atoms with Crippen LogP contribution in [-0.2, 0) is 6.42 Å².